The number of benzene rings is 2. The van der Waals surface area contributed by atoms with Gasteiger partial charge in [0, 0.05) is 30.1 Å². The largest absolute Gasteiger partial charge is 0.348 e. The lowest BCUT2D eigenvalue weighted by molar-refractivity contribution is -0.704. The first-order chi connectivity index (χ1) is 13.0. The lowest BCUT2D eigenvalue weighted by Gasteiger charge is -2.08. The molecule has 0 aliphatic rings. The number of Topliss-reactive ketones (excluding diaryl/α,β-unsaturated/α-hetero) is 1. The Labute approximate surface area is 163 Å². The van der Waals surface area contributed by atoms with E-state index in [0.717, 1.165) is 5.56 Å². The van der Waals surface area contributed by atoms with Gasteiger partial charge in [-0.05, 0) is 35.9 Å². The van der Waals surface area contributed by atoms with Crippen LogP contribution in [0.5, 0.6) is 0 Å². The summed E-state index contributed by atoms with van der Waals surface area (Å²) in [6, 6.07) is 19.6. The molecule has 1 atom stereocenters. The van der Waals surface area contributed by atoms with Crippen molar-refractivity contribution in [2.45, 2.75) is 19.5 Å². The summed E-state index contributed by atoms with van der Waals surface area (Å²) in [6.07, 6.45) is 3.48. The summed E-state index contributed by atoms with van der Waals surface area (Å²) in [5.74, 6) is -0.224. The molecule has 0 radical (unpaired) electrons. The lowest BCUT2D eigenvalue weighted by atomic mass is 10.1. The number of pyridine rings is 1. The van der Waals surface area contributed by atoms with E-state index in [1.54, 1.807) is 53.4 Å². The maximum absolute atomic E-state index is 12.7. The zero-order valence-corrected chi connectivity index (χ0v) is 15.7. The van der Waals surface area contributed by atoms with Crippen molar-refractivity contribution in [1.29, 1.82) is 0 Å². The Hall–Kier alpha value is -2.98. The van der Waals surface area contributed by atoms with Crippen LogP contribution in [0.3, 0.4) is 0 Å². The lowest BCUT2D eigenvalue weighted by Crippen LogP contribution is -2.43. The highest BCUT2D eigenvalue weighted by molar-refractivity contribution is 6.30. The number of carbonyl (C=O) groups excluding carboxylic acids is 2. The zero-order valence-electron chi connectivity index (χ0n) is 14.9. The van der Waals surface area contributed by atoms with Gasteiger partial charge in [0.05, 0.1) is 0 Å². The van der Waals surface area contributed by atoms with Crippen molar-refractivity contribution in [2.75, 3.05) is 0 Å². The maximum atomic E-state index is 12.7. The van der Waals surface area contributed by atoms with Gasteiger partial charge in [-0.3, -0.25) is 9.59 Å². The van der Waals surface area contributed by atoms with Crippen LogP contribution in [0.4, 0.5) is 0 Å². The molecule has 0 spiro atoms. The minimum atomic E-state index is -0.437. The maximum Gasteiger partial charge on any atom is 0.257 e. The first kappa shape index (κ1) is 18.8. The third kappa shape index (κ3) is 4.80. The van der Waals surface area contributed by atoms with Gasteiger partial charge in [-0.25, -0.2) is 0 Å². The summed E-state index contributed by atoms with van der Waals surface area (Å²) in [7, 11) is 0. The number of halogens is 1. The fourth-order valence-corrected chi connectivity index (χ4v) is 2.86. The molecule has 0 bridgehead atoms. The van der Waals surface area contributed by atoms with Crippen molar-refractivity contribution in [1.82, 2.24) is 5.32 Å². The highest BCUT2D eigenvalue weighted by Crippen LogP contribution is 2.14. The molecule has 0 saturated carbocycles. The van der Waals surface area contributed by atoms with Crippen LogP contribution in [0, 0.1) is 0 Å². The third-order valence-corrected chi connectivity index (χ3v) is 4.59. The Kier molecular flexibility index (Phi) is 5.99. The number of hydrogen-bond acceptors (Lipinski definition) is 2. The highest BCUT2D eigenvalue weighted by Gasteiger charge is 2.24. The molecule has 27 heavy (non-hydrogen) atoms. The number of nitrogens with zero attached hydrogens (tertiary/aromatic N) is 1. The van der Waals surface area contributed by atoms with E-state index in [2.05, 4.69) is 5.32 Å². The van der Waals surface area contributed by atoms with Gasteiger partial charge in [0.25, 0.3) is 5.91 Å². The number of rotatable bonds is 6. The summed E-state index contributed by atoms with van der Waals surface area (Å²) in [5.41, 5.74) is 2.11. The van der Waals surface area contributed by atoms with E-state index >= 15 is 0 Å². The second-order valence-electron chi connectivity index (χ2n) is 6.26. The summed E-state index contributed by atoms with van der Waals surface area (Å²) < 4.78 is 1.74. The van der Waals surface area contributed by atoms with Gasteiger partial charge in [0.1, 0.15) is 5.56 Å². The topological polar surface area (TPSA) is 50.0 Å². The van der Waals surface area contributed by atoms with Gasteiger partial charge in [-0.2, -0.15) is 4.57 Å². The van der Waals surface area contributed by atoms with Gasteiger partial charge in [-0.15, -0.1) is 0 Å². The first-order valence-electron chi connectivity index (χ1n) is 8.67. The summed E-state index contributed by atoms with van der Waals surface area (Å²) in [4.78, 5) is 25.1. The molecule has 1 amide bonds. The van der Waals surface area contributed by atoms with E-state index in [0.29, 0.717) is 22.7 Å². The van der Waals surface area contributed by atoms with Crippen LogP contribution in [0.15, 0.2) is 79.1 Å². The van der Waals surface area contributed by atoms with Crippen LogP contribution in [-0.2, 0) is 6.54 Å². The number of amides is 1. The quantitative estimate of drug-likeness (QED) is 0.520. The zero-order chi connectivity index (χ0) is 19.2. The standard InChI is InChI=1S/C22H19ClN2O2/c1-16(21(26)18-9-11-20(23)12-10-18)25-13-5-8-19(15-25)22(27)24-14-17-6-3-2-4-7-17/h2-13,15-16H,14H2,1H3/p+1. The average molecular weight is 380 g/mol. The molecule has 4 nitrogen and oxygen atoms in total. The van der Waals surface area contributed by atoms with Crippen molar-refractivity contribution in [3.8, 4) is 0 Å². The molecule has 1 heterocycles. The molecule has 3 rings (SSSR count). The summed E-state index contributed by atoms with van der Waals surface area (Å²) >= 11 is 5.88. The van der Waals surface area contributed by atoms with Crippen molar-refractivity contribution in [3.05, 3.63) is 101 Å². The molecule has 1 N–H and O–H groups in total. The Morgan fingerprint density at radius 2 is 1.67 bits per heavy atom. The Balaban J connectivity index is 1.71. The molecule has 1 aromatic heterocycles. The van der Waals surface area contributed by atoms with Crippen LogP contribution in [0.1, 0.15) is 39.2 Å². The van der Waals surface area contributed by atoms with E-state index in [4.69, 9.17) is 11.6 Å². The van der Waals surface area contributed by atoms with E-state index in [9.17, 15) is 9.59 Å². The molecule has 1 unspecified atom stereocenters. The van der Waals surface area contributed by atoms with Gasteiger partial charge in [0.2, 0.25) is 11.8 Å². The van der Waals surface area contributed by atoms with Crippen LogP contribution in [0.25, 0.3) is 0 Å². The molecular weight excluding hydrogens is 360 g/mol. The van der Waals surface area contributed by atoms with Crippen LogP contribution >= 0.6 is 11.6 Å². The van der Waals surface area contributed by atoms with Crippen LogP contribution < -0.4 is 9.88 Å². The van der Waals surface area contributed by atoms with E-state index in [1.165, 1.54) is 0 Å². The molecule has 3 aromatic rings. The van der Waals surface area contributed by atoms with Gasteiger partial charge in [-0.1, -0.05) is 41.9 Å². The average Bonchev–Trinajstić information content (AvgIpc) is 2.72. The van der Waals surface area contributed by atoms with Crippen molar-refractivity contribution in [2.24, 2.45) is 0 Å². The molecule has 2 aromatic carbocycles. The molecule has 0 aliphatic carbocycles. The van der Waals surface area contributed by atoms with Crippen molar-refractivity contribution < 1.29 is 14.2 Å². The van der Waals surface area contributed by atoms with Gasteiger partial charge >= 0.3 is 0 Å². The monoisotopic (exact) mass is 379 g/mol. The van der Waals surface area contributed by atoms with Crippen molar-refractivity contribution in [3.63, 3.8) is 0 Å². The Morgan fingerprint density at radius 3 is 2.37 bits per heavy atom. The molecule has 0 fully saturated rings. The fourth-order valence-electron chi connectivity index (χ4n) is 2.74. The number of carbonyl (C=O) groups is 2. The van der Waals surface area contributed by atoms with Crippen molar-refractivity contribution >= 4 is 23.3 Å². The Morgan fingerprint density at radius 1 is 0.963 bits per heavy atom. The first-order valence-corrected chi connectivity index (χ1v) is 9.05. The third-order valence-electron chi connectivity index (χ3n) is 4.34. The van der Waals surface area contributed by atoms with Gasteiger partial charge in [0.15, 0.2) is 12.4 Å². The Bertz CT molecular complexity index is 940. The van der Waals surface area contributed by atoms with Crippen LogP contribution in [0.2, 0.25) is 5.02 Å². The second-order valence-corrected chi connectivity index (χ2v) is 6.69. The molecule has 5 heteroatoms. The second kappa shape index (κ2) is 8.60. The smallest absolute Gasteiger partial charge is 0.257 e. The SMILES string of the molecule is CC(C(=O)c1ccc(Cl)cc1)[n+]1cccc(C(=O)NCc2ccccc2)c1. The predicted molar refractivity (Wildman–Crippen MR) is 105 cm³/mol. The fraction of sp³-hybridized carbons (Fsp3) is 0.136. The number of hydrogen-bond donors (Lipinski definition) is 1. The number of aromatic nitrogens is 1. The minimum absolute atomic E-state index is 0.0430. The number of ketones is 1. The summed E-state index contributed by atoms with van der Waals surface area (Å²) in [6.45, 7) is 2.26. The van der Waals surface area contributed by atoms with Gasteiger partial charge < -0.3 is 5.32 Å². The van der Waals surface area contributed by atoms with E-state index < -0.39 is 6.04 Å². The van der Waals surface area contributed by atoms with E-state index in [-0.39, 0.29) is 11.7 Å². The van der Waals surface area contributed by atoms with Crippen LogP contribution in [-0.4, -0.2) is 11.7 Å². The molecule has 0 saturated heterocycles. The van der Waals surface area contributed by atoms with E-state index in [1.807, 2.05) is 37.3 Å². The minimum Gasteiger partial charge on any atom is -0.348 e. The number of nitrogens with one attached hydrogen (secondary N) is 1. The molecule has 136 valence electrons. The normalized spacial score (nSPS) is 11.6. The highest BCUT2D eigenvalue weighted by atomic mass is 35.5. The molecular formula is C22H20ClN2O2+. The molecule has 0 aliphatic heterocycles. The predicted octanol–water partition coefficient (Wildman–Crippen LogP) is 4.00. The summed E-state index contributed by atoms with van der Waals surface area (Å²) in [5, 5.41) is 3.48.